The summed E-state index contributed by atoms with van der Waals surface area (Å²) >= 11 is 0. The van der Waals surface area contributed by atoms with Crippen LogP contribution in [0.15, 0.2) is 24.3 Å². The topological polar surface area (TPSA) is 73.7 Å². The summed E-state index contributed by atoms with van der Waals surface area (Å²) in [6, 6.07) is 6.33. The van der Waals surface area contributed by atoms with Crippen LogP contribution in [0.25, 0.3) is 5.69 Å². The molecule has 0 fully saturated rings. The van der Waals surface area contributed by atoms with Gasteiger partial charge in [0.15, 0.2) is 5.69 Å². The first-order valence-electron chi connectivity index (χ1n) is 10.5. The van der Waals surface area contributed by atoms with Crippen LogP contribution in [0.3, 0.4) is 0 Å². The van der Waals surface area contributed by atoms with Gasteiger partial charge >= 0.3 is 12.1 Å². The molecule has 2 aromatic rings. The highest BCUT2D eigenvalue weighted by molar-refractivity contribution is 5.96. The molecule has 0 aliphatic carbocycles. The monoisotopic (exact) mass is 453 g/mol. The number of halogens is 3. The van der Waals surface area contributed by atoms with E-state index in [1.54, 1.807) is 36.1 Å². The second-order valence-electron chi connectivity index (χ2n) is 7.44. The number of hydrogen-bond donors (Lipinski definition) is 0. The summed E-state index contributed by atoms with van der Waals surface area (Å²) < 4.78 is 51.8. The zero-order chi connectivity index (χ0) is 23.3. The number of alkyl halides is 3. The van der Waals surface area contributed by atoms with Gasteiger partial charge in [-0.1, -0.05) is 6.42 Å². The Bertz CT molecular complexity index is 955. The van der Waals surface area contributed by atoms with Gasteiger partial charge in [-0.05, 0) is 50.5 Å². The molecule has 0 unspecified atom stereocenters. The maximum atomic E-state index is 13.6. The van der Waals surface area contributed by atoms with E-state index in [-0.39, 0.29) is 30.2 Å². The fourth-order valence-electron chi connectivity index (χ4n) is 3.74. The summed E-state index contributed by atoms with van der Waals surface area (Å²) in [6.45, 7) is 2.68. The lowest BCUT2D eigenvalue weighted by molar-refractivity contribution is -0.143. The second-order valence-corrected chi connectivity index (χ2v) is 7.44. The molecule has 0 bridgehead atoms. The van der Waals surface area contributed by atoms with Gasteiger partial charge in [-0.2, -0.15) is 18.3 Å². The quantitative estimate of drug-likeness (QED) is 0.424. The number of carbonyl (C=O) groups excluding carboxylic acids is 2. The summed E-state index contributed by atoms with van der Waals surface area (Å²) in [7, 11) is 1.49. The van der Waals surface area contributed by atoms with Crippen LogP contribution < -0.4 is 4.74 Å². The lowest BCUT2D eigenvalue weighted by Gasteiger charge is -2.28. The van der Waals surface area contributed by atoms with E-state index in [9.17, 15) is 22.8 Å². The van der Waals surface area contributed by atoms with Gasteiger partial charge in [-0.15, -0.1) is 0 Å². The third-order valence-corrected chi connectivity index (χ3v) is 5.30. The molecule has 1 aromatic heterocycles. The Morgan fingerprint density at radius 3 is 2.50 bits per heavy atom. The molecule has 0 saturated heterocycles. The highest BCUT2D eigenvalue weighted by Gasteiger charge is 2.43. The van der Waals surface area contributed by atoms with Crippen molar-refractivity contribution in [2.45, 2.75) is 45.2 Å². The van der Waals surface area contributed by atoms with Gasteiger partial charge in [0.25, 0.3) is 5.91 Å². The van der Waals surface area contributed by atoms with Crippen LogP contribution in [0.2, 0.25) is 0 Å². The summed E-state index contributed by atoms with van der Waals surface area (Å²) in [4.78, 5) is 26.1. The minimum Gasteiger partial charge on any atom is -0.497 e. The number of esters is 1. The van der Waals surface area contributed by atoms with Crippen molar-refractivity contribution in [1.82, 2.24) is 14.7 Å². The van der Waals surface area contributed by atoms with Gasteiger partial charge < -0.3 is 14.4 Å². The average Bonchev–Trinajstić information content (AvgIpc) is 3.16. The van der Waals surface area contributed by atoms with E-state index in [2.05, 4.69) is 5.10 Å². The fraction of sp³-hybridized carbons (Fsp3) is 0.500. The molecule has 0 N–H and O–H groups in total. The number of benzene rings is 1. The lowest BCUT2D eigenvalue weighted by atomic mass is 10.0. The van der Waals surface area contributed by atoms with Crippen molar-refractivity contribution in [2.75, 3.05) is 26.8 Å². The zero-order valence-electron chi connectivity index (χ0n) is 18.1. The predicted octanol–water partition coefficient (Wildman–Crippen LogP) is 4.02. The number of hydrogen-bond acceptors (Lipinski definition) is 5. The number of nitrogens with zero attached hydrogens (tertiary/aromatic N) is 3. The number of aromatic nitrogens is 2. The van der Waals surface area contributed by atoms with Gasteiger partial charge in [-0.25, -0.2) is 4.68 Å². The first-order chi connectivity index (χ1) is 15.3. The van der Waals surface area contributed by atoms with E-state index in [4.69, 9.17) is 9.47 Å². The van der Waals surface area contributed by atoms with Crippen molar-refractivity contribution in [3.8, 4) is 11.4 Å². The molecule has 0 saturated carbocycles. The van der Waals surface area contributed by atoms with Crippen LogP contribution in [0.1, 0.15) is 54.4 Å². The largest absolute Gasteiger partial charge is 0.497 e. The normalized spacial score (nSPS) is 13.8. The van der Waals surface area contributed by atoms with Crippen LogP contribution in [-0.4, -0.2) is 53.4 Å². The van der Waals surface area contributed by atoms with Gasteiger partial charge in [0.2, 0.25) is 0 Å². The number of ether oxygens (including phenoxy) is 2. The summed E-state index contributed by atoms with van der Waals surface area (Å²) in [5.74, 6) is -0.189. The lowest BCUT2D eigenvalue weighted by Crippen LogP contribution is -2.39. The molecular formula is C22H26F3N3O4. The molecule has 10 heteroatoms. The molecule has 3 rings (SSSR count). The van der Waals surface area contributed by atoms with E-state index >= 15 is 0 Å². The van der Waals surface area contributed by atoms with Crippen LogP contribution in [0.4, 0.5) is 13.2 Å². The SMILES string of the molecule is CCOC(=O)CCCCCN1CCc2c(C(F)(F)F)nn(-c3ccc(OC)cc3)c2C1=O. The van der Waals surface area contributed by atoms with Gasteiger partial charge in [-0.3, -0.25) is 9.59 Å². The summed E-state index contributed by atoms with van der Waals surface area (Å²) in [6.07, 6.45) is -2.28. The van der Waals surface area contributed by atoms with Crippen molar-refractivity contribution in [1.29, 1.82) is 0 Å². The van der Waals surface area contributed by atoms with Crippen molar-refractivity contribution in [3.05, 3.63) is 41.2 Å². The van der Waals surface area contributed by atoms with E-state index in [1.807, 2.05) is 0 Å². The molecule has 1 aromatic carbocycles. The Hall–Kier alpha value is -3.04. The number of rotatable bonds is 9. The van der Waals surface area contributed by atoms with Gasteiger partial charge in [0.05, 0.1) is 19.4 Å². The van der Waals surface area contributed by atoms with Crippen molar-refractivity contribution < 1.29 is 32.2 Å². The number of amides is 1. The predicted molar refractivity (Wildman–Crippen MR) is 110 cm³/mol. The Morgan fingerprint density at radius 2 is 1.88 bits per heavy atom. The minimum absolute atomic E-state index is 0.0553. The minimum atomic E-state index is -4.66. The van der Waals surface area contributed by atoms with Crippen LogP contribution in [0, 0.1) is 0 Å². The number of fused-ring (bicyclic) bond motifs is 1. The highest BCUT2D eigenvalue weighted by Crippen LogP contribution is 2.36. The molecule has 1 amide bonds. The molecular weight excluding hydrogens is 427 g/mol. The molecule has 0 radical (unpaired) electrons. The number of methoxy groups -OCH3 is 1. The third kappa shape index (κ3) is 5.23. The molecule has 2 heterocycles. The smallest absolute Gasteiger partial charge is 0.435 e. The van der Waals surface area contributed by atoms with Crippen LogP contribution >= 0.6 is 0 Å². The Morgan fingerprint density at radius 1 is 1.16 bits per heavy atom. The third-order valence-electron chi connectivity index (χ3n) is 5.30. The maximum Gasteiger partial charge on any atom is 0.435 e. The van der Waals surface area contributed by atoms with Crippen molar-refractivity contribution in [3.63, 3.8) is 0 Å². The fourth-order valence-corrected chi connectivity index (χ4v) is 3.74. The molecule has 0 spiro atoms. The zero-order valence-corrected chi connectivity index (χ0v) is 18.1. The van der Waals surface area contributed by atoms with Crippen molar-refractivity contribution >= 4 is 11.9 Å². The molecule has 0 atom stereocenters. The highest BCUT2D eigenvalue weighted by atomic mass is 19.4. The van der Waals surface area contributed by atoms with E-state index in [1.165, 1.54) is 7.11 Å². The van der Waals surface area contributed by atoms with E-state index in [0.717, 1.165) is 4.68 Å². The molecule has 1 aliphatic rings. The molecule has 32 heavy (non-hydrogen) atoms. The van der Waals surface area contributed by atoms with Gasteiger partial charge in [0.1, 0.15) is 11.4 Å². The number of unbranched alkanes of at least 4 members (excludes halogenated alkanes) is 2. The number of carbonyl (C=O) groups is 2. The molecule has 7 nitrogen and oxygen atoms in total. The second kappa shape index (κ2) is 10.1. The Balaban J connectivity index is 1.77. The summed E-state index contributed by atoms with van der Waals surface area (Å²) in [5.41, 5.74) is -0.801. The first-order valence-corrected chi connectivity index (χ1v) is 10.5. The van der Waals surface area contributed by atoms with Crippen LogP contribution in [0.5, 0.6) is 5.75 Å². The van der Waals surface area contributed by atoms with Crippen LogP contribution in [-0.2, 0) is 22.1 Å². The van der Waals surface area contributed by atoms with Gasteiger partial charge in [0, 0.05) is 25.1 Å². The molecule has 174 valence electrons. The first kappa shape index (κ1) is 23.6. The Kier molecular flexibility index (Phi) is 7.42. The maximum absolute atomic E-state index is 13.6. The average molecular weight is 453 g/mol. The van der Waals surface area contributed by atoms with E-state index < -0.39 is 17.8 Å². The van der Waals surface area contributed by atoms with E-state index in [0.29, 0.717) is 50.3 Å². The summed E-state index contributed by atoms with van der Waals surface area (Å²) in [5, 5.41) is 3.77. The Labute approximate surface area is 184 Å². The standard InChI is InChI=1S/C22H26F3N3O4/c1-3-32-18(29)7-5-4-6-13-27-14-12-17-19(21(27)30)28(26-20(17)22(23,24)25)15-8-10-16(31-2)11-9-15/h8-11H,3-7,12-14H2,1-2H3. The molecule has 1 aliphatic heterocycles. The van der Waals surface area contributed by atoms with Crippen molar-refractivity contribution in [2.24, 2.45) is 0 Å².